The van der Waals surface area contributed by atoms with Gasteiger partial charge >= 0.3 is 29.6 Å². The van der Waals surface area contributed by atoms with E-state index in [1.165, 1.54) is 0 Å². The third-order valence-corrected chi connectivity index (χ3v) is 3.94. The molecule has 17 heavy (non-hydrogen) atoms. The van der Waals surface area contributed by atoms with Crippen LogP contribution in [0.5, 0.6) is 5.75 Å². The topological polar surface area (TPSA) is 129 Å². The molecular weight excluding hydrogens is 283 g/mol. The molecule has 0 amide bonds. The van der Waals surface area contributed by atoms with Gasteiger partial charge in [-0.1, -0.05) is 0 Å². The molecule has 92 valence electrons. The molecular formula is C7H9NaO7S2. The van der Waals surface area contributed by atoms with Crippen molar-refractivity contribution in [3.63, 3.8) is 0 Å². The summed E-state index contributed by atoms with van der Waals surface area (Å²) in [5, 5.41) is 9.20. The SMILES string of the molecule is Cc1c(O)ccc(S(=O)(=O)O)c1S(=O)(=O)O.[NaH]. The second kappa shape index (κ2) is 5.22. The standard InChI is InChI=1S/C7H8O7S2.Na.H/c1-4-5(8)2-3-6(15(9,10)11)7(4)16(12,13)14;;/h2-3,8H,1H3,(H,9,10,11)(H,12,13,14);;. The zero-order chi connectivity index (χ0) is 12.7. The summed E-state index contributed by atoms with van der Waals surface area (Å²) in [6, 6.07) is 1.58. The minimum atomic E-state index is -4.87. The first-order valence-electron chi connectivity index (χ1n) is 3.82. The molecule has 0 aliphatic rings. The zero-order valence-corrected chi connectivity index (χ0v) is 9.58. The van der Waals surface area contributed by atoms with Crippen molar-refractivity contribution in [3.05, 3.63) is 17.7 Å². The van der Waals surface area contributed by atoms with Gasteiger partial charge in [-0.15, -0.1) is 0 Å². The number of benzene rings is 1. The van der Waals surface area contributed by atoms with Gasteiger partial charge in [0.15, 0.2) is 0 Å². The molecule has 0 atom stereocenters. The van der Waals surface area contributed by atoms with Gasteiger partial charge in [0, 0.05) is 5.56 Å². The van der Waals surface area contributed by atoms with E-state index in [0.717, 1.165) is 13.0 Å². The van der Waals surface area contributed by atoms with Crippen LogP contribution in [0.15, 0.2) is 21.9 Å². The molecule has 0 saturated carbocycles. The Labute approximate surface area is 120 Å². The van der Waals surface area contributed by atoms with Crippen LogP contribution in [0.1, 0.15) is 5.56 Å². The Morgan fingerprint density at radius 1 is 1.00 bits per heavy atom. The Morgan fingerprint density at radius 2 is 1.47 bits per heavy atom. The molecule has 0 spiro atoms. The van der Waals surface area contributed by atoms with Crippen molar-refractivity contribution in [1.82, 2.24) is 0 Å². The van der Waals surface area contributed by atoms with Gasteiger partial charge in [-0.2, -0.15) is 16.8 Å². The van der Waals surface area contributed by atoms with Crippen LogP contribution in [0.2, 0.25) is 0 Å². The molecule has 0 unspecified atom stereocenters. The minimum absolute atomic E-state index is 0. The molecule has 0 radical (unpaired) electrons. The van der Waals surface area contributed by atoms with E-state index in [1.807, 2.05) is 0 Å². The van der Waals surface area contributed by atoms with Crippen molar-refractivity contribution in [2.24, 2.45) is 0 Å². The molecule has 0 aliphatic heterocycles. The van der Waals surface area contributed by atoms with Gasteiger partial charge in [0.2, 0.25) is 0 Å². The van der Waals surface area contributed by atoms with Crippen molar-refractivity contribution < 1.29 is 31.0 Å². The van der Waals surface area contributed by atoms with Crippen molar-refractivity contribution >= 4 is 49.8 Å². The van der Waals surface area contributed by atoms with Crippen LogP contribution in [-0.2, 0) is 20.2 Å². The number of hydrogen-bond donors (Lipinski definition) is 3. The second-order valence-corrected chi connectivity index (χ2v) is 5.74. The average molecular weight is 292 g/mol. The van der Waals surface area contributed by atoms with E-state index >= 15 is 0 Å². The van der Waals surface area contributed by atoms with Crippen molar-refractivity contribution in [1.29, 1.82) is 0 Å². The Hall–Kier alpha value is -0.160. The van der Waals surface area contributed by atoms with Gasteiger partial charge in [0.05, 0.1) is 0 Å². The molecule has 3 N–H and O–H groups in total. The van der Waals surface area contributed by atoms with E-state index in [1.54, 1.807) is 0 Å². The van der Waals surface area contributed by atoms with Crippen LogP contribution >= 0.6 is 0 Å². The fourth-order valence-electron chi connectivity index (χ4n) is 1.18. The summed E-state index contributed by atoms with van der Waals surface area (Å²) in [6.07, 6.45) is 0. The van der Waals surface area contributed by atoms with Gasteiger partial charge in [-0.3, -0.25) is 9.11 Å². The molecule has 0 aliphatic carbocycles. The second-order valence-electron chi connectivity index (χ2n) is 2.99. The molecule has 10 heteroatoms. The normalized spacial score (nSPS) is 11.9. The number of rotatable bonds is 2. The summed E-state index contributed by atoms with van der Waals surface area (Å²) in [5.74, 6) is -0.514. The molecule has 7 nitrogen and oxygen atoms in total. The average Bonchev–Trinajstić information content (AvgIpc) is 2.05. The van der Waals surface area contributed by atoms with Gasteiger partial charge in [0.25, 0.3) is 20.2 Å². The van der Waals surface area contributed by atoms with Crippen molar-refractivity contribution in [2.45, 2.75) is 16.7 Å². The van der Waals surface area contributed by atoms with Crippen LogP contribution in [0.25, 0.3) is 0 Å². The number of phenolic OH excluding ortho intramolecular Hbond substituents is 1. The number of hydrogen-bond acceptors (Lipinski definition) is 5. The van der Waals surface area contributed by atoms with Crippen molar-refractivity contribution in [2.75, 3.05) is 0 Å². The summed E-state index contributed by atoms with van der Waals surface area (Å²) in [5.41, 5.74) is -0.363. The first-order chi connectivity index (χ1) is 7.05. The summed E-state index contributed by atoms with van der Waals surface area (Å²) in [6.45, 7) is 1.09. The molecule has 0 fully saturated rings. The van der Waals surface area contributed by atoms with Crippen LogP contribution in [0.3, 0.4) is 0 Å². The fourth-order valence-corrected chi connectivity index (χ4v) is 3.25. The molecule has 0 bridgehead atoms. The van der Waals surface area contributed by atoms with E-state index < -0.39 is 35.8 Å². The van der Waals surface area contributed by atoms with E-state index in [2.05, 4.69) is 0 Å². The number of phenols is 1. The Bertz CT molecular complexity index is 632. The predicted molar refractivity (Wildman–Crippen MR) is 59.6 cm³/mol. The Kier molecular flexibility index (Phi) is 5.18. The Morgan fingerprint density at radius 3 is 1.82 bits per heavy atom. The van der Waals surface area contributed by atoms with Crippen LogP contribution in [0.4, 0.5) is 0 Å². The third-order valence-electron chi connectivity index (χ3n) is 1.88. The molecule has 0 heterocycles. The molecule has 0 saturated heterocycles. The summed E-state index contributed by atoms with van der Waals surface area (Å²) < 4.78 is 61.2. The third kappa shape index (κ3) is 3.65. The zero-order valence-electron chi connectivity index (χ0n) is 7.95. The van der Waals surface area contributed by atoms with Gasteiger partial charge in [-0.05, 0) is 19.1 Å². The maximum atomic E-state index is 10.9. The quantitative estimate of drug-likeness (QED) is 0.497. The molecule has 0 aromatic heterocycles. The van der Waals surface area contributed by atoms with Crippen molar-refractivity contribution in [3.8, 4) is 5.75 Å². The van der Waals surface area contributed by atoms with E-state index in [9.17, 15) is 21.9 Å². The van der Waals surface area contributed by atoms with Crippen LogP contribution < -0.4 is 0 Å². The van der Waals surface area contributed by atoms with Crippen LogP contribution in [0, 0.1) is 6.92 Å². The van der Waals surface area contributed by atoms with Crippen LogP contribution in [-0.4, -0.2) is 60.6 Å². The van der Waals surface area contributed by atoms with E-state index in [-0.39, 0.29) is 35.1 Å². The summed E-state index contributed by atoms with van der Waals surface area (Å²) in [7, 11) is -9.68. The Balaban J connectivity index is 0.00000256. The van der Waals surface area contributed by atoms with Gasteiger partial charge < -0.3 is 5.11 Å². The maximum absolute atomic E-state index is 10.9. The first-order valence-corrected chi connectivity index (χ1v) is 6.70. The monoisotopic (exact) mass is 292 g/mol. The van der Waals surface area contributed by atoms with Gasteiger partial charge in [-0.25, -0.2) is 0 Å². The first kappa shape index (κ1) is 16.8. The van der Waals surface area contributed by atoms with E-state index in [4.69, 9.17) is 9.11 Å². The predicted octanol–water partition coefficient (Wildman–Crippen LogP) is -0.454. The van der Waals surface area contributed by atoms with Gasteiger partial charge in [0.1, 0.15) is 15.5 Å². The van der Waals surface area contributed by atoms with E-state index in [0.29, 0.717) is 6.07 Å². The molecule has 1 rings (SSSR count). The number of aromatic hydroxyl groups is 1. The summed E-state index contributed by atoms with van der Waals surface area (Å²) in [4.78, 5) is -2.01. The fraction of sp³-hybridized carbons (Fsp3) is 0.143. The molecule has 1 aromatic carbocycles. The summed E-state index contributed by atoms with van der Waals surface area (Å²) >= 11 is 0. The molecule has 1 aromatic rings.